The first-order valence-electron chi connectivity index (χ1n) is 5.70. The van der Waals surface area contributed by atoms with E-state index in [-0.39, 0.29) is 10.9 Å². The quantitative estimate of drug-likeness (QED) is 0.739. The van der Waals surface area contributed by atoms with Crippen LogP contribution in [0.5, 0.6) is 0 Å². The van der Waals surface area contributed by atoms with Crippen molar-refractivity contribution < 1.29 is 4.79 Å². The summed E-state index contributed by atoms with van der Waals surface area (Å²) in [5.74, 6) is 1.18. The van der Waals surface area contributed by atoms with Crippen LogP contribution in [-0.4, -0.2) is 28.4 Å². The molecule has 1 saturated heterocycles. The molecule has 1 fully saturated rings. The first kappa shape index (κ1) is 13.8. The first-order valence-corrected chi connectivity index (χ1v) is 7.16. The van der Waals surface area contributed by atoms with Crippen LogP contribution < -0.4 is 11.1 Å². The van der Waals surface area contributed by atoms with Crippen molar-refractivity contribution in [2.75, 3.05) is 12.3 Å². The van der Waals surface area contributed by atoms with E-state index in [9.17, 15) is 4.79 Å². The molecule has 2 unspecified atom stereocenters. The summed E-state index contributed by atoms with van der Waals surface area (Å²) in [7, 11) is 0. The Kier molecular flexibility index (Phi) is 5.05. The van der Waals surface area contributed by atoms with Crippen LogP contribution in [-0.2, 0) is 4.79 Å². The fraction of sp³-hybridized carbons (Fsp3) is 0.818. The third-order valence-electron chi connectivity index (χ3n) is 3.27. The number of carbonyl (C=O) groups excluding carboxylic acids is 1. The van der Waals surface area contributed by atoms with Gasteiger partial charge in [-0.2, -0.15) is 11.8 Å². The molecule has 0 aromatic carbocycles. The molecule has 1 aliphatic rings. The van der Waals surface area contributed by atoms with Crippen molar-refractivity contribution in [1.29, 1.82) is 0 Å². The highest BCUT2D eigenvalue weighted by Gasteiger charge is 2.34. The van der Waals surface area contributed by atoms with Crippen LogP contribution in [0.1, 0.15) is 33.1 Å². The largest absolute Gasteiger partial charge is 0.392 e. The average Bonchev–Trinajstić information content (AvgIpc) is 2.77. The Morgan fingerprint density at radius 1 is 1.69 bits per heavy atom. The summed E-state index contributed by atoms with van der Waals surface area (Å²) in [6.07, 6.45) is 3.10. The van der Waals surface area contributed by atoms with Gasteiger partial charge in [0, 0.05) is 11.8 Å². The fourth-order valence-corrected chi connectivity index (χ4v) is 3.09. The van der Waals surface area contributed by atoms with E-state index in [4.69, 9.17) is 18.0 Å². The van der Waals surface area contributed by atoms with Crippen LogP contribution in [0.15, 0.2) is 0 Å². The lowest BCUT2D eigenvalue weighted by molar-refractivity contribution is -0.126. The van der Waals surface area contributed by atoms with Gasteiger partial charge in [0.05, 0.1) is 10.4 Å². The van der Waals surface area contributed by atoms with E-state index in [2.05, 4.69) is 5.32 Å². The second kappa shape index (κ2) is 5.87. The summed E-state index contributed by atoms with van der Waals surface area (Å²) < 4.78 is 0. The van der Waals surface area contributed by atoms with Gasteiger partial charge in [0.15, 0.2) is 0 Å². The van der Waals surface area contributed by atoms with Crippen LogP contribution in [0, 0.1) is 5.41 Å². The highest BCUT2D eigenvalue weighted by Crippen LogP contribution is 2.26. The molecule has 3 nitrogen and oxygen atoms in total. The molecular formula is C11H20N2OS2. The Hall–Kier alpha value is -0.290. The number of thioether (sulfide) groups is 1. The number of rotatable bonds is 5. The summed E-state index contributed by atoms with van der Waals surface area (Å²) >= 11 is 6.90. The maximum absolute atomic E-state index is 12.0. The van der Waals surface area contributed by atoms with Gasteiger partial charge in [0.25, 0.3) is 0 Å². The third-order valence-corrected chi connectivity index (χ3v) is 5.12. The monoisotopic (exact) mass is 260 g/mol. The number of amides is 1. The molecule has 1 amide bonds. The Morgan fingerprint density at radius 3 is 2.81 bits per heavy atom. The minimum absolute atomic E-state index is 0.0324. The average molecular weight is 260 g/mol. The minimum Gasteiger partial charge on any atom is -0.392 e. The van der Waals surface area contributed by atoms with Gasteiger partial charge in [-0.25, -0.2) is 0 Å². The van der Waals surface area contributed by atoms with Crippen molar-refractivity contribution in [3.8, 4) is 0 Å². The van der Waals surface area contributed by atoms with E-state index in [1.54, 1.807) is 0 Å². The van der Waals surface area contributed by atoms with E-state index in [1.165, 1.54) is 18.6 Å². The molecule has 0 aromatic rings. The zero-order valence-electron chi connectivity index (χ0n) is 9.91. The second-order valence-corrected chi connectivity index (χ2v) is 6.24. The first-order chi connectivity index (χ1) is 7.50. The van der Waals surface area contributed by atoms with Crippen molar-refractivity contribution in [3.05, 3.63) is 0 Å². The van der Waals surface area contributed by atoms with Gasteiger partial charge in [0.2, 0.25) is 5.91 Å². The number of nitrogens with one attached hydrogen (secondary N) is 1. The lowest BCUT2D eigenvalue weighted by atomic mass is 9.86. The van der Waals surface area contributed by atoms with Crippen LogP contribution in [0.2, 0.25) is 0 Å². The van der Waals surface area contributed by atoms with E-state index in [0.29, 0.717) is 11.7 Å². The molecule has 1 heterocycles. The standard InChI is InChI=1S/C11H20N2OS2/c1-3-11(2,9(12)15)10(14)13-7-8-5-4-6-16-8/h8H,3-7H2,1-2H3,(H2,12,15)(H,13,14). The molecule has 5 heteroatoms. The Balaban J connectivity index is 2.46. The normalized spacial score (nSPS) is 23.8. The van der Waals surface area contributed by atoms with Crippen molar-refractivity contribution in [2.24, 2.45) is 11.1 Å². The minimum atomic E-state index is -0.696. The van der Waals surface area contributed by atoms with Crippen LogP contribution >= 0.6 is 24.0 Å². The summed E-state index contributed by atoms with van der Waals surface area (Å²) in [6, 6.07) is 0. The smallest absolute Gasteiger partial charge is 0.232 e. The second-order valence-electron chi connectivity index (χ2n) is 4.39. The molecule has 1 rings (SSSR count). The fourth-order valence-electron chi connectivity index (χ4n) is 1.65. The highest BCUT2D eigenvalue weighted by atomic mass is 32.2. The lowest BCUT2D eigenvalue weighted by Crippen LogP contribution is -2.47. The topological polar surface area (TPSA) is 55.1 Å². The summed E-state index contributed by atoms with van der Waals surface area (Å²) in [5.41, 5.74) is 4.94. The zero-order chi connectivity index (χ0) is 12.2. The van der Waals surface area contributed by atoms with Crippen molar-refractivity contribution in [3.63, 3.8) is 0 Å². The van der Waals surface area contributed by atoms with E-state index >= 15 is 0 Å². The SMILES string of the molecule is CCC(C)(C(=O)NCC1CCCS1)C(N)=S. The Labute approximate surface area is 107 Å². The van der Waals surface area contributed by atoms with Gasteiger partial charge in [-0.15, -0.1) is 0 Å². The lowest BCUT2D eigenvalue weighted by Gasteiger charge is -2.26. The maximum atomic E-state index is 12.0. The summed E-state index contributed by atoms with van der Waals surface area (Å²) in [5, 5.41) is 3.54. The van der Waals surface area contributed by atoms with Crippen LogP contribution in [0.4, 0.5) is 0 Å². The van der Waals surface area contributed by atoms with E-state index in [0.717, 1.165) is 6.54 Å². The maximum Gasteiger partial charge on any atom is 0.232 e. The molecule has 0 saturated carbocycles. The molecule has 3 N–H and O–H groups in total. The van der Waals surface area contributed by atoms with Crippen molar-refractivity contribution >= 4 is 34.9 Å². The molecule has 0 aliphatic carbocycles. The van der Waals surface area contributed by atoms with Crippen molar-refractivity contribution in [1.82, 2.24) is 5.32 Å². The number of carbonyl (C=O) groups is 1. The number of hydrogen-bond donors (Lipinski definition) is 2. The van der Waals surface area contributed by atoms with E-state index in [1.807, 2.05) is 25.6 Å². The predicted octanol–water partition coefficient (Wildman–Crippen LogP) is 1.70. The van der Waals surface area contributed by atoms with Crippen molar-refractivity contribution in [2.45, 2.75) is 38.4 Å². The van der Waals surface area contributed by atoms with Gasteiger partial charge >= 0.3 is 0 Å². The molecule has 0 bridgehead atoms. The molecule has 92 valence electrons. The molecular weight excluding hydrogens is 240 g/mol. The number of hydrogen-bond acceptors (Lipinski definition) is 3. The Morgan fingerprint density at radius 2 is 2.38 bits per heavy atom. The molecule has 1 aliphatic heterocycles. The van der Waals surface area contributed by atoms with Gasteiger partial charge in [-0.05, 0) is 31.9 Å². The molecule has 16 heavy (non-hydrogen) atoms. The number of nitrogens with two attached hydrogens (primary N) is 1. The van der Waals surface area contributed by atoms with Crippen LogP contribution in [0.25, 0.3) is 0 Å². The molecule has 0 radical (unpaired) electrons. The van der Waals surface area contributed by atoms with Gasteiger partial charge in [0.1, 0.15) is 0 Å². The molecule has 2 atom stereocenters. The van der Waals surface area contributed by atoms with E-state index < -0.39 is 5.41 Å². The molecule has 0 spiro atoms. The number of thiocarbonyl (C=S) groups is 1. The predicted molar refractivity (Wildman–Crippen MR) is 73.7 cm³/mol. The zero-order valence-corrected chi connectivity index (χ0v) is 11.5. The highest BCUT2D eigenvalue weighted by molar-refractivity contribution is 8.00. The van der Waals surface area contributed by atoms with Gasteiger partial charge < -0.3 is 11.1 Å². The van der Waals surface area contributed by atoms with Gasteiger partial charge in [-0.1, -0.05) is 19.1 Å². The summed E-state index contributed by atoms with van der Waals surface area (Å²) in [4.78, 5) is 12.3. The third kappa shape index (κ3) is 3.10. The summed E-state index contributed by atoms with van der Waals surface area (Å²) in [6.45, 7) is 4.48. The Bertz CT molecular complexity index is 277. The van der Waals surface area contributed by atoms with Gasteiger partial charge in [-0.3, -0.25) is 4.79 Å². The van der Waals surface area contributed by atoms with Crippen LogP contribution in [0.3, 0.4) is 0 Å². The molecule has 0 aromatic heterocycles.